The molecule has 3 nitrogen and oxygen atoms in total. The molecular weight excluding hydrogens is 236 g/mol. The second-order valence-corrected chi connectivity index (χ2v) is 5.87. The van der Waals surface area contributed by atoms with Gasteiger partial charge in [0, 0.05) is 11.6 Å². The van der Waals surface area contributed by atoms with E-state index in [9.17, 15) is 4.79 Å². The number of aryl methyl sites for hydroxylation is 1. The van der Waals surface area contributed by atoms with E-state index in [1.807, 2.05) is 12.1 Å². The summed E-state index contributed by atoms with van der Waals surface area (Å²) in [6.07, 6.45) is 5.78. The third-order valence-electron chi connectivity index (χ3n) is 4.57. The first-order valence-corrected chi connectivity index (χ1v) is 7.39. The molecule has 2 fully saturated rings. The molecule has 19 heavy (non-hydrogen) atoms. The number of fused-ring (bicyclic) bond motifs is 1. The number of carbonyl (C=O) groups is 1. The maximum absolute atomic E-state index is 12.2. The molecule has 1 aromatic rings. The molecule has 0 saturated heterocycles. The normalized spacial score (nSPS) is 27.9. The molecule has 102 valence electrons. The number of rotatable bonds is 5. The van der Waals surface area contributed by atoms with Gasteiger partial charge in [-0.2, -0.15) is 0 Å². The highest BCUT2D eigenvalue weighted by molar-refractivity contribution is 5.95. The van der Waals surface area contributed by atoms with Crippen LogP contribution in [0, 0.1) is 17.8 Å². The van der Waals surface area contributed by atoms with Crippen molar-refractivity contribution in [1.82, 2.24) is 0 Å². The molecule has 2 aliphatic rings. The van der Waals surface area contributed by atoms with Gasteiger partial charge >= 0.3 is 0 Å². The van der Waals surface area contributed by atoms with Crippen LogP contribution >= 0.6 is 0 Å². The van der Waals surface area contributed by atoms with Crippen molar-refractivity contribution in [3.63, 3.8) is 0 Å². The van der Waals surface area contributed by atoms with E-state index in [1.54, 1.807) is 0 Å². The molecule has 2 saturated carbocycles. The first-order valence-electron chi connectivity index (χ1n) is 7.39. The first-order chi connectivity index (χ1) is 9.29. The van der Waals surface area contributed by atoms with Gasteiger partial charge < -0.3 is 11.1 Å². The van der Waals surface area contributed by atoms with E-state index in [4.69, 9.17) is 5.73 Å². The fraction of sp³-hybridized carbons (Fsp3) is 0.562. The Balaban J connectivity index is 1.58. The highest BCUT2D eigenvalue weighted by Crippen LogP contribution is 2.57. The molecule has 3 N–H and O–H groups in total. The standard InChI is InChI=1S/C16H22N2O/c17-9-3-5-11-4-1-6-12(10-11)18-16(19)15-13-7-2-8-14(13)15/h1,4,6,10,13-15H,2-3,5,7-9,17H2,(H,18,19). The molecule has 0 aliphatic heterocycles. The SMILES string of the molecule is NCCCc1cccc(NC(=O)C2C3CCCC32)c1. The van der Waals surface area contributed by atoms with Crippen LogP contribution in [0.5, 0.6) is 0 Å². The van der Waals surface area contributed by atoms with Gasteiger partial charge in [0.25, 0.3) is 0 Å². The third-order valence-corrected chi connectivity index (χ3v) is 4.57. The maximum atomic E-state index is 12.2. The summed E-state index contributed by atoms with van der Waals surface area (Å²) in [5.74, 6) is 1.88. The molecule has 0 radical (unpaired) electrons. The first kappa shape index (κ1) is 12.7. The van der Waals surface area contributed by atoms with Gasteiger partial charge in [0.15, 0.2) is 0 Å². The van der Waals surface area contributed by atoms with Gasteiger partial charge in [0.05, 0.1) is 0 Å². The number of carbonyl (C=O) groups excluding carboxylic acids is 1. The second-order valence-electron chi connectivity index (χ2n) is 5.87. The zero-order valence-corrected chi connectivity index (χ0v) is 11.3. The Morgan fingerprint density at radius 3 is 2.84 bits per heavy atom. The molecule has 0 heterocycles. The van der Waals surface area contributed by atoms with Crippen molar-refractivity contribution >= 4 is 11.6 Å². The third kappa shape index (κ3) is 2.66. The molecule has 1 amide bonds. The Kier molecular flexibility index (Phi) is 3.56. The highest BCUT2D eigenvalue weighted by atomic mass is 16.2. The molecule has 3 rings (SSSR count). The number of nitrogens with one attached hydrogen (secondary N) is 1. The number of hydrogen-bond donors (Lipinski definition) is 2. The number of nitrogens with two attached hydrogens (primary N) is 1. The Morgan fingerprint density at radius 2 is 2.11 bits per heavy atom. The molecule has 2 aliphatic carbocycles. The van der Waals surface area contributed by atoms with E-state index < -0.39 is 0 Å². The Labute approximate surface area is 114 Å². The Morgan fingerprint density at radius 1 is 1.32 bits per heavy atom. The van der Waals surface area contributed by atoms with Gasteiger partial charge in [0.1, 0.15) is 0 Å². The van der Waals surface area contributed by atoms with Crippen molar-refractivity contribution in [2.24, 2.45) is 23.5 Å². The van der Waals surface area contributed by atoms with Crippen LogP contribution in [0.25, 0.3) is 0 Å². The van der Waals surface area contributed by atoms with Crippen molar-refractivity contribution in [3.8, 4) is 0 Å². The lowest BCUT2D eigenvalue weighted by Gasteiger charge is -2.08. The smallest absolute Gasteiger partial charge is 0.228 e. The molecule has 2 atom stereocenters. The molecule has 0 spiro atoms. The zero-order valence-electron chi connectivity index (χ0n) is 11.3. The lowest BCUT2D eigenvalue weighted by atomic mass is 10.1. The van der Waals surface area contributed by atoms with E-state index in [0.717, 1.165) is 18.5 Å². The lowest BCUT2D eigenvalue weighted by molar-refractivity contribution is -0.118. The fourth-order valence-corrected chi connectivity index (χ4v) is 3.55. The van der Waals surface area contributed by atoms with Crippen LogP contribution in [0.2, 0.25) is 0 Å². The van der Waals surface area contributed by atoms with Crippen molar-refractivity contribution in [1.29, 1.82) is 0 Å². The van der Waals surface area contributed by atoms with Gasteiger partial charge in [-0.05, 0) is 61.8 Å². The lowest BCUT2D eigenvalue weighted by Crippen LogP contribution is -2.16. The summed E-state index contributed by atoms with van der Waals surface area (Å²) in [6.45, 7) is 0.710. The molecule has 0 aromatic heterocycles. The largest absolute Gasteiger partial charge is 0.330 e. The summed E-state index contributed by atoms with van der Waals surface area (Å²) in [7, 11) is 0. The average Bonchev–Trinajstić information content (AvgIpc) is 2.91. The average molecular weight is 258 g/mol. The van der Waals surface area contributed by atoms with E-state index in [1.165, 1.54) is 24.8 Å². The Hall–Kier alpha value is -1.35. The molecule has 3 heteroatoms. The second kappa shape index (κ2) is 5.33. The van der Waals surface area contributed by atoms with Crippen LogP contribution in [0.4, 0.5) is 5.69 Å². The topological polar surface area (TPSA) is 55.1 Å². The summed E-state index contributed by atoms with van der Waals surface area (Å²) in [6, 6.07) is 8.15. The van der Waals surface area contributed by atoms with Gasteiger partial charge in [-0.15, -0.1) is 0 Å². The molecule has 1 aromatic carbocycles. The van der Waals surface area contributed by atoms with E-state index in [0.29, 0.717) is 24.3 Å². The van der Waals surface area contributed by atoms with Gasteiger partial charge in [0.2, 0.25) is 5.91 Å². The summed E-state index contributed by atoms with van der Waals surface area (Å²) < 4.78 is 0. The fourth-order valence-electron chi connectivity index (χ4n) is 3.55. The summed E-state index contributed by atoms with van der Waals surface area (Å²) in [5, 5.41) is 3.08. The van der Waals surface area contributed by atoms with E-state index in [-0.39, 0.29) is 5.91 Å². The van der Waals surface area contributed by atoms with Gasteiger partial charge in [-0.25, -0.2) is 0 Å². The quantitative estimate of drug-likeness (QED) is 0.853. The maximum Gasteiger partial charge on any atom is 0.228 e. The van der Waals surface area contributed by atoms with Crippen LogP contribution in [0.3, 0.4) is 0 Å². The van der Waals surface area contributed by atoms with Crippen molar-refractivity contribution in [3.05, 3.63) is 29.8 Å². The van der Waals surface area contributed by atoms with Crippen LogP contribution in [0.15, 0.2) is 24.3 Å². The van der Waals surface area contributed by atoms with Crippen molar-refractivity contribution in [2.75, 3.05) is 11.9 Å². The van der Waals surface area contributed by atoms with Gasteiger partial charge in [-0.3, -0.25) is 4.79 Å². The number of amides is 1. The summed E-state index contributed by atoms with van der Waals surface area (Å²) in [5.41, 5.74) is 7.71. The minimum Gasteiger partial charge on any atom is -0.330 e. The predicted octanol–water partition coefficient (Wildman–Crippen LogP) is 2.56. The molecular formula is C16H22N2O. The van der Waals surface area contributed by atoms with E-state index in [2.05, 4.69) is 17.4 Å². The minimum atomic E-state index is 0.227. The number of anilines is 1. The van der Waals surface area contributed by atoms with Crippen molar-refractivity contribution < 1.29 is 4.79 Å². The zero-order chi connectivity index (χ0) is 13.2. The molecule has 2 unspecified atom stereocenters. The number of hydrogen-bond acceptors (Lipinski definition) is 2. The summed E-state index contributed by atoms with van der Waals surface area (Å²) >= 11 is 0. The van der Waals surface area contributed by atoms with Crippen molar-refractivity contribution in [2.45, 2.75) is 32.1 Å². The summed E-state index contributed by atoms with van der Waals surface area (Å²) in [4.78, 5) is 12.2. The van der Waals surface area contributed by atoms with E-state index >= 15 is 0 Å². The highest BCUT2D eigenvalue weighted by Gasteiger charge is 2.56. The number of benzene rings is 1. The minimum absolute atomic E-state index is 0.227. The molecule has 0 bridgehead atoms. The predicted molar refractivity (Wildman–Crippen MR) is 76.8 cm³/mol. The van der Waals surface area contributed by atoms with Crippen LogP contribution in [0.1, 0.15) is 31.2 Å². The van der Waals surface area contributed by atoms with Crippen LogP contribution in [-0.4, -0.2) is 12.5 Å². The monoisotopic (exact) mass is 258 g/mol. The Bertz CT molecular complexity index is 462. The van der Waals surface area contributed by atoms with Gasteiger partial charge in [-0.1, -0.05) is 18.6 Å². The van der Waals surface area contributed by atoms with Crippen LogP contribution in [-0.2, 0) is 11.2 Å². The van der Waals surface area contributed by atoms with Crippen LogP contribution < -0.4 is 11.1 Å².